The number of nitrogens with one attached hydrogen (secondary N) is 1. The van der Waals surface area contributed by atoms with Gasteiger partial charge < -0.3 is 20.4 Å². The van der Waals surface area contributed by atoms with Crippen molar-refractivity contribution in [3.8, 4) is 11.1 Å². The van der Waals surface area contributed by atoms with Crippen molar-refractivity contribution in [2.45, 2.75) is 13.5 Å². The highest BCUT2D eigenvalue weighted by atomic mass is 32.1. The van der Waals surface area contributed by atoms with Crippen LogP contribution < -0.4 is 10.2 Å². The molecule has 0 saturated heterocycles. The number of nitrogens with zero attached hydrogens (tertiary/aromatic N) is 4. The van der Waals surface area contributed by atoms with Gasteiger partial charge in [0.1, 0.15) is 10.6 Å². The Kier molecular flexibility index (Phi) is 6.71. The van der Waals surface area contributed by atoms with Gasteiger partial charge in [-0.15, -0.1) is 11.3 Å². The Morgan fingerprint density at radius 2 is 1.71 bits per heavy atom. The van der Waals surface area contributed by atoms with Crippen LogP contribution in [0.15, 0.2) is 54.7 Å². The second-order valence-electron chi connectivity index (χ2n) is 7.06. The summed E-state index contributed by atoms with van der Waals surface area (Å²) in [5.74, 6) is 1.20. The van der Waals surface area contributed by atoms with Crippen LogP contribution in [0.25, 0.3) is 21.3 Å². The fourth-order valence-electron chi connectivity index (χ4n) is 3.55. The monoisotopic (exact) mass is 435 g/mol. The summed E-state index contributed by atoms with van der Waals surface area (Å²) in [6.45, 7) is 3.22. The number of aliphatic hydroxyl groups excluding tert-OH is 2. The maximum atomic E-state index is 9.46. The number of aromatic nitrogens is 3. The van der Waals surface area contributed by atoms with Gasteiger partial charge in [0.15, 0.2) is 0 Å². The molecule has 160 valence electrons. The molecule has 8 heteroatoms. The van der Waals surface area contributed by atoms with Crippen molar-refractivity contribution in [1.29, 1.82) is 0 Å². The topological polar surface area (TPSA) is 94.4 Å². The first-order valence-corrected chi connectivity index (χ1v) is 11.0. The van der Waals surface area contributed by atoms with Crippen molar-refractivity contribution in [2.24, 2.45) is 0 Å². The van der Waals surface area contributed by atoms with Crippen LogP contribution in [0.2, 0.25) is 0 Å². The van der Waals surface area contributed by atoms with E-state index < -0.39 is 0 Å². The zero-order valence-corrected chi connectivity index (χ0v) is 18.1. The highest BCUT2D eigenvalue weighted by Crippen LogP contribution is 2.41. The number of benzene rings is 1. The van der Waals surface area contributed by atoms with Crippen LogP contribution in [-0.4, -0.2) is 51.5 Å². The lowest BCUT2D eigenvalue weighted by molar-refractivity contribution is 0.280. The van der Waals surface area contributed by atoms with Gasteiger partial charge in [0, 0.05) is 29.7 Å². The highest BCUT2D eigenvalue weighted by molar-refractivity contribution is 7.19. The van der Waals surface area contributed by atoms with E-state index in [0.29, 0.717) is 25.6 Å². The molecule has 0 fully saturated rings. The van der Waals surface area contributed by atoms with E-state index in [1.165, 1.54) is 0 Å². The van der Waals surface area contributed by atoms with Crippen LogP contribution in [-0.2, 0) is 6.54 Å². The summed E-state index contributed by atoms with van der Waals surface area (Å²) in [6, 6.07) is 16.1. The van der Waals surface area contributed by atoms with Gasteiger partial charge in [0.05, 0.1) is 30.8 Å². The SMILES string of the molecule is Cc1sc2nc(N(CCO)CCO)nc(NCc3ccccn3)c2c1-c1ccccc1. The molecule has 3 heterocycles. The van der Waals surface area contributed by atoms with Crippen molar-refractivity contribution in [3.05, 3.63) is 65.3 Å². The molecule has 0 aliphatic carbocycles. The molecule has 3 N–H and O–H groups in total. The Hall–Kier alpha value is -3.07. The number of hydrogen-bond acceptors (Lipinski definition) is 8. The van der Waals surface area contributed by atoms with Crippen LogP contribution in [0.3, 0.4) is 0 Å². The third kappa shape index (κ3) is 4.66. The van der Waals surface area contributed by atoms with E-state index in [-0.39, 0.29) is 13.2 Å². The first-order valence-electron chi connectivity index (χ1n) is 10.2. The summed E-state index contributed by atoms with van der Waals surface area (Å²) in [5, 5.41) is 23.3. The molecule has 0 amide bonds. The molecule has 1 aromatic carbocycles. The Morgan fingerprint density at radius 1 is 0.968 bits per heavy atom. The van der Waals surface area contributed by atoms with Crippen LogP contribution in [0.5, 0.6) is 0 Å². The van der Waals surface area contributed by atoms with Crippen molar-refractivity contribution >= 4 is 33.3 Å². The molecule has 0 atom stereocenters. The smallest absolute Gasteiger partial charge is 0.228 e. The van der Waals surface area contributed by atoms with Crippen LogP contribution in [0.1, 0.15) is 10.6 Å². The number of pyridine rings is 1. The van der Waals surface area contributed by atoms with Crippen LogP contribution in [0.4, 0.5) is 11.8 Å². The summed E-state index contributed by atoms with van der Waals surface area (Å²) in [4.78, 5) is 17.8. The van der Waals surface area contributed by atoms with Crippen molar-refractivity contribution in [3.63, 3.8) is 0 Å². The Morgan fingerprint density at radius 3 is 2.39 bits per heavy atom. The van der Waals surface area contributed by atoms with E-state index in [4.69, 9.17) is 9.97 Å². The van der Waals surface area contributed by atoms with Gasteiger partial charge in [-0.3, -0.25) is 4.98 Å². The van der Waals surface area contributed by atoms with E-state index in [2.05, 4.69) is 29.4 Å². The molecular weight excluding hydrogens is 410 g/mol. The Bertz CT molecular complexity index is 1130. The largest absolute Gasteiger partial charge is 0.395 e. The van der Waals surface area contributed by atoms with E-state index in [9.17, 15) is 10.2 Å². The van der Waals surface area contributed by atoms with E-state index >= 15 is 0 Å². The minimum absolute atomic E-state index is 0.0448. The van der Waals surface area contributed by atoms with E-state index in [1.54, 1.807) is 22.4 Å². The summed E-state index contributed by atoms with van der Waals surface area (Å²) in [7, 11) is 0. The van der Waals surface area contributed by atoms with Gasteiger partial charge in [-0.05, 0) is 24.6 Å². The zero-order chi connectivity index (χ0) is 21.6. The summed E-state index contributed by atoms with van der Waals surface area (Å²) >= 11 is 1.62. The minimum Gasteiger partial charge on any atom is -0.395 e. The fourth-order valence-corrected chi connectivity index (χ4v) is 4.59. The lowest BCUT2D eigenvalue weighted by atomic mass is 10.0. The van der Waals surface area contributed by atoms with Crippen molar-refractivity contribution in [2.75, 3.05) is 36.5 Å². The van der Waals surface area contributed by atoms with E-state index in [0.717, 1.165) is 37.7 Å². The minimum atomic E-state index is -0.0448. The standard InChI is InChI=1S/C23H25N5O2S/c1-16-19(17-7-3-2-4-8-17)20-21(25-15-18-9-5-6-10-24-18)26-23(27-22(20)31-16)28(11-13-29)12-14-30/h2-10,29-30H,11-15H2,1H3,(H,25,26,27). The summed E-state index contributed by atoms with van der Waals surface area (Å²) in [6.07, 6.45) is 1.77. The van der Waals surface area contributed by atoms with Crippen molar-refractivity contribution < 1.29 is 10.2 Å². The molecule has 0 spiro atoms. The average molecular weight is 436 g/mol. The molecule has 0 radical (unpaired) electrons. The molecule has 0 aliphatic heterocycles. The molecule has 3 aromatic heterocycles. The first-order chi connectivity index (χ1) is 15.2. The molecule has 0 aliphatic rings. The predicted octanol–water partition coefficient (Wildman–Crippen LogP) is 3.46. The van der Waals surface area contributed by atoms with Gasteiger partial charge in [-0.25, -0.2) is 4.98 Å². The maximum absolute atomic E-state index is 9.46. The average Bonchev–Trinajstić information content (AvgIpc) is 3.14. The predicted molar refractivity (Wildman–Crippen MR) is 126 cm³/mol. The maximum Gasteiger partial charge on any atom is 0.228 e. The third-order valence-corrected chi connectivity index (χ3v) is 5.96. The van der Waals surface area contributed by atoms with E-state index in [1.807, 2.05) is 36.4 Å². The fraction of sp³-hybridized carbons (Fsp3) is 0.261. The Balaban J connectivity index is 1.84. The highest BCUT2D eigenvalue weighted by Gasteiger charge is 2.20. The molecule has 7 nitrogen and oxygen atoms in total. The van der Waals surface area contributed by atoms with Crippen LogP contribution in [0, 0.1) is 6.92 Å². The molecule has 4 aromatic rings. The van der Waals surface area contributed by atoms with Gasteiger partial charge in [0.25, 0.3) is 0 Å². The molecule has 0 bridgehead atoms. The first kappa shape index (κ1) is 21.2. The number of thiophene rings is 1. The van der Waals surface area contributed by atoms with Gasteiger partial charge in [-0.1, -0.05) is 36.4 Å². The molecule has 31 heavy (non-hydrogen) atoms. The zero-order valence-electron chi connectivity index (χ0n) is 17.3. The second-order valence-corrected chi connectivity index (χ2v) is 8.26. The number of rotatable bonds is 9. The molecule has 0 unspecified atom stereocenters. The van der Waals surface area contributed by atoms with Gasteiger partial charge in [0.2, 0.25) is 5.95 Å². The lowest BCUT2D eigenvalue weighted by Gasteiger charge is -2.21. The second kappa shape index (κ2) is 9.82. The molecule has 4 rings (SSSR count). The van der Waals surface area contributed by atoms with Gasteiger partial charge >= 0.3 is 0 Å². The summed E-state index contributed by atoms with van der Waals surface area (Å²) < 4.78 is 0. The van der Waals surface area contributed by atoms with Gasteiger partial charge in [-0.2, -0.15) is 4.98 Å². The Labute approximate surface area is 185 Å². The van der Waals surface area contributed by atoms with Crippen LogP contribution >= 0.6 is 11.3 Å². The quantitative estimate of drug-likeness (QED) is 0.371. The number of aryl methyl sites for hydroxylation is 1. The van der Waals surface area contributed by atoms with Crippen molar-refractivity contribution in [1.82, 2.24) is 15.0 Å². The molecule has 0 saturated carbocycles. The summed E-state index contributed by atoms with van der Waals surface area (Å²) in [5.41, 5.74) is 3.14. The molecular formula is C23H25N5O2S. The third-order valence-electron chi connectivity index (χ3n) is 4.96. The number of hydrogen-bond donors (Lipinski definition) is 3. The number of anilines is 2. The normalized spacial score (nSPS) is 11.1. The number of fused-ring (bicyclic) bond motifs is 1. The number of aliphatic hydroxyl groups is 2. The lowest BCUT2D eigenvalue weighted by Crippen LogP contribution is -2.31.